The van der Waals surface area contributed by atoms with Crippen molar-refractivity contribution in [2.24, 2.45) is 7.05 Å². The third kappa shape index (κ3) is 2.76. The molecule has 0 saturated heterocycles. The van der Waals surface area contributed by atoms with Crippen LogP contribution in [0.1, 0.15) is 22.5 Å². The molecule has 1 heterocycles. The minimum atomic E-state index is -0.192. The molecule has 0 spiro atoms. The van der Waals surface area contributed by atoms with Gasteiger partial charge in [-0.1, -0.05) is 12.1 Å². The maximum absolute atomic E-state index is 13.0. The van der Waals surface area contributed by atoms with E-state index in [9.17, 15) is 4.39 Å². The SMILES string of the molecule is Cc1nn(C)c(C)c1CNCc1cccc(F)c1. The standard InChI is InChI=1S/C14H18FN3/c1-10-14(11(2)18(3)17-10)9-16-8-12-5-4-6-13(15)7-12/h4-7,16H,8-9H2,1-3H3. The summed E-state index contributed by atoms with van der Waals surface area (Å²) in [7, 11) is 1.94. The van der Waals surface area contributed by atoms with Crippen LogP contribution in [0.3, 0.4) is 0 Å². The van der Waals surface area contributed by atoms with Gasteiger partial charge in [0.15, 0.2) is 0 Å². The minimum Gasteiger partial charge on any atom is -0.308 e. The number of aromatic nitrogens is 2. The molecule has 96 valence electrons. The van der Waals surface area contributed by atoms with Gasteiger partial charge in [-0.3, -0.25) is 4.68 Å². The van der Waals surface area contributed by atoms with Gasteiger partial charge in [-0.15, -0.1) is 0 Å². The highest BCUT2D eigenvalue weighted by molar-refractivity contribution is 5.24. The van der Waals surface area contributed by atoms with Gasteiger partial charge in [-0.25, -0.2) is 4.39 Å². The van der Waals surface area contributed by atoms with Crippen LogP contribution in [0.25, 0.3) is 0 Å². The van der Waals surface area contributed by atoms with Crippen LogP contribution in [0.4, 0.5) is 4.39 Å². The number of nitrogens with one attached hydrogen (secondary N) is 1. The molecule has 2 rings (SSSR count). The normalized spacial score (nSPS) is 10.9. The summed E-state index contributed by atoms with van der Waals surface area (Å²) in [5.41, 5.74) is 4.38. The zero-order valence-corrected chi connectivity index (χ0v) is 11.0. The lowest BCUT2D eigenvalue weighted by Crippen LogP contribution is -2.14. The molecule has 0 fully saturated rings. The number of hydrogen-bond donors (Lipinski definition) is 1. The number of benzene rings is 1. The second-order valence-electron chi connectivity index (χ2n) is 4.51. The lowest BCUT2D eigenvalue weighted by molar-refractivity contribution is 0.619. The number of halogens is 1. The van der Waals surface area contributed by atoms with Gasteiger partial charge in [-0.2, -0.15) is 5.10 Å². The average molecular weight is 247 g/mol. The van der Waals surface area contributed by atoms with Crippen molar-refractivity contribution >= 4 is 0 Å². The number of nitrogens with zero attached hydrogens (tertiary/aromatic N) is 2. The molecule has 3 nitrogen and oxygen atoms in total. The molecule has 0 atom stereocenters. The molecule has 18 heavy (non-hydrogen) atoms. The molecule has 0 bridgehead atoms. The monoisotopic (exact) mass is 247 g/mol. The van der Waals surface area contributed by atoms with Crippen molar-refractivity contribution in [3.8, 4) is 0 Å². The Morgan fingerprint density at radius 2 is 2.06 bits per heavy atom. The second kappa shape index (κ2) is 5.31. The van der Waals surface area contributed by atoms with Gasteiger partial charge in [0.2, 0.25) is 0 Å². The van der Waals surface area contributed by atoms with Gasteiger partial charge in [0.05, 0.1) is 5.69 Å². The second-order valence-corrected chi connectivity index (χ2v) is 4.51. The van der Waals surface area contributed by atoms with E-state index in [-0.39, 0.29) is 5.82 Å². The summed E-state index contributed by atoms with van der Waals surface area (Å²) in [5, 5.41) is 7.69. The van der Waals surface area contributed by atoms with Crippen molar-refractivity contribution in [3.05, 3.63) is 52.6 Å². The molecular weight excluding hydrogens is 229 g/mol. The van der Waals surface area contributed by atoms with E-state index in [2.05, 4.69) is 17.3 Å². The fourth-order valence-electron chi connectivity index (χ4n) is 2.05. The Hall–Kier alpha value is -1.68. The van der Waals surface area contributed by atoms with Gasteiger partial charge in [0.25, 0.3) is 0 Å². The molecule has 0 radical (unpaired) electrons. The molecule has 1 aromatic carbocycles. The maximum Gasteiger partial charge on any atom is 0.123 e. The van der Waals surface area contributed by atoms with Crippen molar-refractivity contribution in [2.45, 2.75) is 26.9 Å². The molecule has 0 aliphatic heterocycles. The summed E-state index contributed by atoms with van der Waals surface area (Å²) in [6.45, 7) is 5.47. The maximum atomic E-state index is 13.0. The number of aryl methyl sites for hydroxylation is 2. The van der Waals surface area contributed by atoms with E-state index in [0.29, 0.717) is 6.54 Å². The Bertz CT molecular complexity index is 546. The summed E-state index contributed by atoms with van der Waals surface area (Å²) in [6.07, 6.45) is 0. The molecule has 0 saturated carbocycles. The zero-order valence-electron chi connectivity index (χ0n) is 11.0. The van der Waals surface area contributed by atoms with Crippen LogP contribution >= 0.6 is 0 Å². The lowest BCUT2D eigenvalue weighted by atomic mass is 10.2. The van der Waals surface area contributed by atoms with Gasteiger partial charge < -0.3 is 5.32 Å². The Morgan fingerprint density at radius 3 is 2.67 bits per heavy atom. The summed E-state index contributed by atoms with van der Waals surface area (Å²) < 4.78 is 14.9. The fourth-order valence-corrected chi connectivity index (χ4v) is 2.05. The van der Waals surface area contributed by atoms with Gasteiger partial charge in [0.1, 0.15) is 5.82 Å². The van der Waals surface area contributed by atoms with E-state index in [1.807, 2.05) is 24.7 Å². The third-order valence-corrected chi connectivity index (χ3v) is 3.18. The van der Waals surface area contributed by atoms with E-state index in [0.717, 1.165) is 17.8 Å². The highest BCUT2D eigenvalue weighted by Gasteiger charge is 2.08. The Labute approximate surface area is 107 Å². The molecule has 2 aromatic rings. The molecule has 4 heteroatoms. The molecule has 1 N–H and O–H groups in total. The Kier molecular flexibility index (Phi) is 3.77. The van der Waals surface area contributed by atoms with Crippen LogP contribution in [-0.4, -0.2) is 9.78 Å². The quantitative estimate of drug-likeness (QED) is 0.899. The number of rotatable bonds is 4. The van der Waals surface area contributed by atoms with E-state index >= 15 is 0 Å². The predicted molar refractivity (Wildman–Crippen MR) is 69.6 cm³/mol. The van der Waals surface area contributed by atoms with Gasteiger partial charge in [-0.05, 0) is 31.5 Å². The average Bonchev–Trinajstić information content (AvgIpc) is 2.56. The van der Waals surface area contributed by atoms with E-state index in [1.54, 1.807) is 12.1 Å². The van der Waals surface area contributed by atoms with Crippen LogP contribution in [0.15, 0.2) is 24.3 Å². The van der Waals surface area contributed by atoms with Crippen molar-refractivity contribution in [2.75, 3.05) is 0 Å². The zero-order chi connectivity index (χ0) is 13.1. The molecule has 0 amide bonds. The molecular formula is C14H18FN3. The first-order valence-corrected chi connectivity index (χ1v) is 6.02. The van der Waals surface area contributed by atoms with Crippen LogP contribution in [0, 0.1) is 19.7 Å². The lowest BCUT2D eigenvalue weighted by Gasteiger charge is -2.06. The fraction of sp³-hybridized carbons (Fsp3) is 0.357. The Morgan fingerprint density at radius 1 is 1.28 bits per heavy atom. The first-order valence-electron chi connectivity index (χ1n) is 6.02. The smallest absolute Gasteiger partial charge is 0.123 e. The first kappa shape index (κ1) is 12.8. The van der Waals surface area contributed by atoms with Crippen LogP contribution in [-0.2, 0) is 20.1 Å². The third-order valence-electron chi connectivity index (χ3n) is 3.18. The first-order chi connectivity index (χ1) is 8.58. The van der Waals surface area contributed by atoms with Crippen molar-refractivity contribution in [1.29, 1.82) is 0 Å². The summed E-state index contributed by atoms with van der Waals surface area (Å²) in [6, 6.07) is 6.65. The topological polar surface area (TPSA) is 29.9 Å². The van der Waals surface area contributed by atoms with Crippen molar-refractivity contribution < 1.29 is 4.39 Å². The highest BCUT2D eigenvalue weighted by Crippen LogP contribution is 2.11. The molecule has 0 aliphatic rings. The van der Waals surface area contributed by atoms with Gasteiger partial charge >= 0.3 is 0 Å². The number of hydrogen-bond acceptors (Lipinski definition) is 2. The van der Waals surface area contributed by atoms with E-state index in [1.165, 1.54) is 17.3 Å². The van der Waals surface area contributed by atoms with Crippen molar-refractivity contribution in [3.63, 3.8) is 0 Å². The highest BCUT2D eigenvalue weighted by atomic mass is 19.1. The Balaban J connectivity index is 1.96. The summed E-state index contributed by atoms with van der Waals surface area (Å²) in [5.74, 6) is -0.192. The largest absolute Gasteiger partial charge is 0.308 e. The van der Waals surface area contributed by atoms with Crippen molar-refractivity contribution in [1.82, 2.24) is 15.1 Å². The molecule has 0 aliphatic carbocycles. The summed E-state index contributed by atoms with van der Waals surface area (Å²) in [4.78, 5) is 0. The van der Waals surface area contributed by atoms with E-state index < -0.39 is 0 Å². The summed E-state index contributed by atoms with van der Waals surface area (Å²) >= 11 is 0. The minimum absolute atomic E-state index is 0.192. The van der Waals surface area contributed by atoms with E-state index in [4.69, 9.17) is 0 Å². The van der Waals surface area contributed by atoms with Crippen LogP contribution in [0.5, 0.6) is 0 Å². The molecule has 0 unspecified atom stereocenters. The van der Waals surface area contributed by atoms with Crippen LogP contribution < -0.4 is 5.32 Å². The molecule has 1 aromatic heterocycles. The van der Waals surface area contributed by atoms with Crippen LogP contribution in [0.2, 0.25) is 0 Å². The van der Waals surface area contributed by atoms with Gasteiger partial charge in [0, 0.05) is 31.4 Å². The predicted octanol–water partition coefficient (Wildman–Crippen LogP) is 2.47.